The zero-order valence-electron chi connectivity index (χ0n) is 12.9. The van der Waals surface area contributed by atoms with E-state index in [0.29, 0.717) is 0 Å². The lowest BCUT2D eigenvalue weighted by Crippen LogP contribution is -2.56. The van der Waals surface area contributed by atoms with Crippen LogP contribution in [0.3, 0.4) is 0 Å². The molecule has 0 aromatic carbocycles. The molecule has 0 bridgehead atoms. The van der Waals surface area contributed by atoms with Crippen molar-refractivity contribution in [1.82, 2.24) is 15.2 Å². The Balaban J connectivity index is 1.98. The van der Waals surface area contributed by atoms with Crippen molar-refractivity contribution in [1.29, 1.82) is 0 Å². The van der Waals surface area contributed by atoms with Crippen molar-refractivity contribution in [2.75, 3.05) is 7.11 Å². The summed E-state index contributed by atoms with van der Waals surface area (Å²) in [5.74, 6) is 6.62. The molecule has 1 aromatic heterocycles. The molecule has 0 spiro atoms. The molecule has 1 unspecified atom stereocenters. The summed E-state index contributed by atoms with van der Waals surface area (Å²) in [6, 6.07) is 0.195. The molecular weight excluding hydrogens is 252 g/mol. The first-order valence-electron chi connectivity index (χ1n) is 7.58. The molecule has 1 saturated carbocycles. The second-order valence-electron chi connectivity index (χ2n) is 6.23. The number of nitrogens with one attached hydrogen (secondary N) is 1. The average Bonchev–Trinajstić information content (AvgIpc) is 2.87. The largest absolute Gasteiger partial charge is 0.377 e. The molecule has 0 saturated heterocycles. The van der Waals surface area contributed by atoms with Gasteiger partial charge in [-0.05, 0) is 50.0 Å². The first-order chi connectivity index (χ1) is 9.59. The molecule has 1 aliphatic rings. The van der Waals surface area contributed by atoms with Gasteiger partial charge in [0.2, 0.25) is 0 Å². The minimum absolute atomic E-state index is 0.108. The highest BCUT2D eigenvalue weighted by Crippen LogP contribution is 2.37. The van der Waals surface area contributed by atoms with Crippen LogP contribution >= 0.6 is 0 Å². The highest BCUT2D eigenvalue weighted by Gasteiger charge is 2.40. The Kier molecular flexibility index (Phi) is 5.18. The van der Waals surface area contributed by atoms with E-state index in [1.54, 1.807) is 0 Å². The van der Waals surface area contributed by atoms with Crippen molar-refractivity contribution >= 4 is 0 Å². The predicted octanol–water partition coefficient (Wildman–Crippen LogP) is 1.78. The van der Waals surface area contributed by atoms with Crippen LogP contribution in [0.2, 0.25) is 0 Å². The van der Waals surface area contributed by atoms with E-state index in [1.165, 1.54) is 18.4 Å². The third kappa shape index (κ3) is 3.40. The number of aromatic nitrogens is 2. The number of hydrogen-bond donors (Lipinski definition) is 2. The monoisotopic (exact) mass is 280 g/mol. The maximum Gasteiger partial charge on any atom is 0.0844 e. The van der Waals surface area contributed by atoms with Crippen molar-refractivity contribution in [3.05, 3.63) is 18.0 Å². The zero-order chi connectivity index (χ0) is 14.6. The summed E-state index contributed by atoms with van der Waals surface area (Å²) in [5, 5.41) is 4.21. The maximum absolute atomic E-state index is 5.91. The topological polar surface area (TPSA) is 65.1 Å². The lowest BCUT2D eigenvalue weighted by molar-refractivity contribution is -0.0764. The molecule has 20 heavy (non-hydrogen) atoms. The Hall–Kier alpha value is -0.910. The van der Waals surface area contributed by atoms with Crippen LogP contribution in [0.15, 0.2) is 12.4 Å². The van der Waals surface area contributed by atoms with Gasteiger partial charge in [-0.15, -0.1) is 0 Å². The normalized spacial score (nSPS) is 28.5. The lowest BCUT2D eigenvalue weighted by atomic mass is 9.74. The second kappa shape index (κ2) is 6.70. The van der Waals surface area contributed by atoms with Crippen LogP contribution in [0.25, 0.3) is 0 Å². The summed E-state index contributed by atoms with van der Waals surface area (Å²) < 4.78 is 7.75. The Bertz CT molecular complexity index is 410. The van der Waals surface area contributed by atoms with Gasteiger partial charge >= 0.3 is 0 Å². The van der Waals surface area contributed by atoms with Gasteiger partial charge in [-0.25, -0.2) is 0 Å². The lowest BCUT2D eigenvalue weighted by Gasteiger charge is -2.43. The standard InChI is InChI=1S/C15H28N4O/c1-12-6-8-15(20-3,9-7-12)14(18-16)5-4-13-10-17-19(2)11-13/h10-12,14,18H,4-9,16H2,1-3H3. The van der Waals surface area contributed by atoms with E-state index in [9.17, 15) is 0 Å². The minimum Gasteiger partial charge on any atom is -0.377 e. The maximum atomic E-state index is 5.91. The molecule has 0 radical (unpaired) electrons. The molecule has 2 rings (SSSR count). The van der Waals surface area contributed by atoms with E-state index in [1.807, 2.05) is 25.0 Å². The van der Waals surface area contributed by atoms with Crippen LogP contribution in [0.4, 0.5) is 0 Å². The van der Waals surface area contributed by atoms with Gasteiger partial charge in [-0.1, -0.05) is 6.92 Å². The molecule has 0 amide bonds. The van der Waals surface area contributed by atoms with Crippen LogP contribution in [0, 0.1) is 5.92 Å². The molecule has 1 heterocycles. The van der Waals surface area contributed by atoms with Gasteiger partial charge in [0.25, 0.3) is 0 Å². The van der Waals surface area contributed by atoms with E-state index in [2.05, 4.69) is 23.6 Å². The number of ether oxygens (including phenoxy) is 1. The zero-order valence-corrected chi connectivity index (χ0v) is 12.9. The number of nitrogens with zero attached hydrogens (tertiary/aromatic N) is 2. The SMILES string of the molecule is COC1(C(CCc2cnn(C)c2)NN)CCC(C)CC1. The fourth-order valence-corrected chi connectivity index (χ4v) is 3.36. The summed E-state index contributed by atoms with van der Waals surface area (Å²) in [6.07, 6.45) is 10.6. The van der Waals surface area contributed by atoms with Crippen molar-refractivity contribution in [2.24, 2.45) is 18.8 Å². The third-order valence-corrected chi connectivity index (χ3v) is 4.84. The van der Waals surface area contributed by atoms with Crippen LogP contribution in [0.1, 0.15) is 44.6 Å². The Morgan fingerprint density at radius 2 is 2.25 bits per heavy atom. The van der Waals surface area contributed by atoms with Crippen LogP contribution in [-0.2, 0) is 18.2 Å². The van der Waals surface area contributed by atoms with Gasteiger partial charge < -0.3 is 4.74 Å². The van der Waals surface area contributed by atoms with E-state index in [4.69, 9.17) is 10.6 Å². The summed E-state index contributed by atoms with van der Waals surface area (Å²) in [5.41, 5.74) is 4.15. The van der Waals surface area contributed by atoms with Gasteiger partial charge in [0.1, 0.15) is 0 Å². The molecule has 3 N–H and O–H groups in total. The van der Waals surface area contributed by atoms with Gasteiger partial charge in [0.15, 0.2) is 0 Å². The third-order valence-electron chi connectivity index (χ3n) is 4.84. The first-order valence-corrected chi connectivity index (χ1v) is 7.58. The first kappa shape index (κ1) is 15.5. The predicted molar refractivity (Wildman–Crippen MR) is 80.0 cm³/mol. The van der Waals surface area contributed by atoms with Crippen LogP contribution < -0.4 is 11.3 Å². The molecule has 1 atom stereocenters. The number of hydrogen-bond acceptors (Lipinski definition) is 4. The number of hydrazine groups is 1. The molecule has 1 fully saturated rings. The van der Waals surface area contributed by atoms with E-state index in [-0.39, 0.29) is 11.6 Å². The number of rotatable bonds is 6. The van der Waals surface area contributed by atoms with Gasteiger partial charge in [0.05, 0.1) is 17.8 Å². The van der Waals surface area contributed by atoms with E-state index in [0.717, 1.165) is 31.6 Å². The van der Waals surface area contributed by atoms with E-state index < -0.39 is 0 Å². The molecule has 1 aromatic rings. The van der Waals surface area contributed by atoms with E-state index >= 15 is 0 Å². The smallest absolute Gasteiger partial charge is 0.0844 e. The van der Waals surface area contributed by atoms with Crippen molar-refractivity contribution < 1.29 is 4.74 Å². The number of nitrogens with two attached hydrogens (primary N) is 1. The average molecular weight is 280 g/mol. The fourth-order valence-electron chi connectivity index (χ4n) is 3.36. The quantitative estimate of drug-likeness (QED) is 0.616. The second-order valence-corrected chi connectivity index (χ2v) is 6.23. The molecule has 0 aliphatic heterocycles. The van der Waals surface area contributed by atoms with Gasteiger partial charge in [-0.3, -0.25) is 16.0 Å². The fraction of sp³-hybridized carbons (Fsp3) is 0.800. The molecule has 1 aliphatic carbocycles. The van der Waals surface area contributed by atoms with Crippen molar-refractivity contribution in [2.45, 2.75) is 57.1 Å². The van der Waals surface area contributed by atoms with Gasteiger partial charge in [0, 0.05) is 20.4 Å². The molecule has 5 heteroatoms. The molecule has 114 valence electrons. The van der Waals surface area contributed by atoms with Crippen LogP contribution in [-0.4, -0.2) is 28.5 Å². The minimum atomic E-state index is -0.108. The number of aryl methyl sites for hydroxylation is 2. The summed E-state index contributed by atoms with van der Waals surface area (Å²) in [6.45, 7) is 2.32. The number of methoxy groups -OCH3 is 1. The Labute approximate surface area is 121 Å². The van der Waals surface area contributed by atoms with Gasteiger partial charge in [-0.2, -0.15) is 5.10 Å². The Morgan fingerprint density at radius 1 is 1.55 bits per heavy atom. The summed E-state index contributed by atoms with van der Waals surface area (Å²) in [7, 11) is 3.77. The van der Waals surface area contributed by atoms with Crippen molar-refractivity contribution in [3.8, 4) is 0 Å². The van der Waals surface area contributed by atoms with Crippen molar-refractivity contribution in [3.63, 3.8) is 0 Å². The highest BCUT2D eigenvalue weighted by molar-refractivity contribution is 5.06. The summed E-state index contributed by atoms with van der Waals surface area (Å²) in [4.78, 5) is 0. The summed E-state index contributed by atoms with van der Waals surface area (Å²) >= 11 is 0. The molecule has 5 nitrogen and oxygen atoms in total. The molecular formula is C15H28N4O. The highest BCUT2D eigenvalue weighted by atomic mass is 16.5. The Morgan fingerprint density at radius 3 is 2.75 bits per heavy atom. The van der Waals surface area contributed by atoms with Crippen LogP contribution in [0.5, 0.6) is 0 Å².